The second kappa shape index (κ2) is 9.18. The Morgan fingerprint density at radius 1 is 1.33 bits per heavy atom. The van der Waals surface area contributed by atoms with Crippen LogP contribution in [0.1, 0.15) is 36.6 Å². The lowest BCUT2D eigenvalue weighted by molar-refractivity contribution is -0.135. The first-order valence-corrected chi connectivity index (χ1v) is 10.6. The van der Waals surface area contributed by atoms with E-state index in [0.717, 1.165) is 0 Å². The van der Waals surface area contributed by atoms with E-state index in [1.54, 1.807) is 36.5 Å². The molecule has 0 unspecified atom stereocenters. The van der Waals surface area contributed by atoms with Gasteiger partial charge in [0.05, 0.1) is 12.3 Å². The molecule has 30 heavy (non-hydrogen) atoms. The van der Waals surface area contributed by atoms with Crippen LogP contribution < -0.4 is 5.32 Å². The van der Waals surface area contributed by atoms with Gasteiger partial charge in [0.2, 0.25) is 5.67 Å². The number of hydrogen-bond acceptors (Lipinski definition) is 4. The van der Waals surface area contributed by atoms with Gasteiger partial charge in [-0.2, -0.15) is 0 Å². The maximum absolute atomic E-state index is 16.1. The lowest BCUT2D eigenvalue weighted by atomic mass is 9.68. The molecule has 1 aliphatic rings. The van der Waals surface area contributed by atoms with Crippen molar-refractivity contribution in [3.63, 3.8) is 0 Å². The molecule has 0 saturated heterocycles. The highest BCUT2D eigenvalue weighted by Gasteiger charge is 2.50. The number of pyridine rings is 1. The van der Waals surface area contributed by atoms with Crippen molar-refractivity contribution in [2.24, 2.45) is 0 Å². The van der Waals surface area contributed by atoms with Crippen LogP contribution in [-0.2, 0) is 22.4 Å². The number of aromatic nitrogens is 1. The van der Waals surface area contributed by atoms with Crippen LogP contribution in [0, 0.1) is 0 Å². The zero-order valence-corrected chi connectivity index (χ0v) is 18.6. The fraction of sp³-hybridized carbons (Fsp3) is 0.455. The number of alkyl halides is 1. The average molecular weight is 454 g/mol. The Bertz CT molecular complexity index is 929. The van der Waals surface area contributed by atoms with Crippen LogP contribution in [-0.4, -0.2) is 47.6 Å². The number of aliphatic hydroxyl groups excluding tert-OH is 1. The highest BCUT2D eigenvalue weighted by Crippen LogP contribution is 2.46. The van der Waals surface area contributed by atoms with Gasteiger partial charge in [0.1, 0.15) is 0 Å². The van der Waals surface area contributed by atoms with Crippen molar-refractivity contribution in [2.45, 2.75) is 37.4 Å². The smallest absolute Gasteiger partial charge is 0.262 e. The zero-order chi connectivity index (χ0) is 21.9. The number of halogens is 3. The molecule has 1 amide bonds. The maximum Gasteiger partial charge on any atom is 0.262 e. The number of amides is 1. The van der Waals surface area contributed by atoms with E-state index >= 15 is 4.39 Å². The molecule has 1 aromatic carbocycles. The molecule has 3 rings (SSSR count). The third-order valence-corrected chi connectivity index (χ3v) is 6.33. The minimum atomic E-state index is -2.17. The second-order valence-electron chi connectivity index (χ2n) is 8.14. The van der Waals surface area contributed by atoms with Gasteiger partial charge in [0.15, 0.2) is 0 Å². The van der Waals surface area contributed by atoms with Crippen LogP contribution >= 0.6 is 23.2 Å². The van der Waals surface area contributed by atoms with Gasteiger partial charge in [0, 0.05) is 46.9 Å². The van der Waals surface area contributed by atoms with Crippen LogP contribution in [0.3, 0.4) is 0 Å². The first-order chi connectivity index (χ1) is 14.2. The maximum atomic E-state index is 16.1. The molecular formula is C22H26Cl2FN3O2. The quantitative estimate of drug-likeness (QED) is 0.667. The number of benzene rings is 1. The Kier molecular flexibility index (Phi) is 7.02. The normalized spacial score (nSPS) is 23.3. The third kappa shape index (κ3) is 4.62. The Morgan fingerprint density at radius 3 is 2.80 bits per heavy atom. The number of carbonyl (C=O) groups is 1. The van der Waals surface area contributed by atoms with Crippen molar-refractivity contribution < 1.29 is 14.3 Å². The van der Waals surface area contributed by atoms with E-state index in [1.807, 2.05) is 18.9 Å². The summed E-state index contributed by atoms with van der Waals surface area (Å²) in [7, 11) is 1.91. The van der Waals surface area contributed by atoms with Gasteiger partial charge in [-0.1, -0.05) is 42.3 Å². The van der Waals surface area contributed by atoms with E-state index in [0.29, 0.717) is 46.4 Å². The van der Waals surface area contributed by atoms with E-state index in [-0.39, 0.29) is 19.6 Å². The molecule has 0 aliphatic heterocycles. The molecule has 1 heterocycles. The van der Waals surface area contributed by atoms with Crippen LogP contribution in [0.25, 0.3) is 0 Å². The Balaban J connectivity index is 1.83. The lowest BCUT2D eigenvalue weighted by Gasteiger charge is -2.42. The van der Waals surface area contributed by atoms with Gasteiger partial charge in [-0.05, 0) is 43.7 Å². The summed E-state index contributed by atoms with van der Waals surface area (Å²) in [4.78, 5) is 19.4. The molecule has 0 radical (unpaired) electrons. The minimum absolute atomic E-state index is 0.0460. The van der Waals surface area contributed by atoms with E-state index in [2.05, 4.69) is 10.3 Å². The van der Waals surface area contributed by atoms with Gasteiger partial charge in [0.25, 0.3) is 5.91 Å². The molecule has 5 nitrogen and oxygen atoms in total. The molecular weight excluding hydrogens is 428 g/mol. The molecule has 8 heteroatoms. The number of rotatable bonds is 7. The van der Waals surface area contributed by atoms with Crippen LogP contribution in [0.5, 0.6) is 0 Å². The molecule has 1 aliphatic carbocycles. The number of fused-ring (bicyclic) bond motifs is 1. The predicted molar refractivity (Wildman–Crippen MR) is 117 cm³/mol. The molecule has 162 valence electrons. The first-order valence-electron chi connectivity index (χ1n) is 9.86. The number of carbonyl (C=O) groups excluding carboxylic acids is 1. The number of hydrogen-bond donors (Lipinski definition) is 2. The summed E-state index contributed by atoms with van der Waals surface area (Å²) in [6, 6.07) is 8.26. The summed E-state index contributed by atoms with van der Waals surface area (Å²) in [5.74, 6) is -0.700. The van der Waals surface area contributed by atoms with Gasteiger partial charge in [-0.15, -0.1) is 0 Å². The van der Waals surface area contributed by atoms with Crippen molar-refractivity contribution in [3.05, 3.63) is 63.4 Å². The van der Waals surface area contributed by atoms with Crippen LogP contribution in [0.4, 0.5) is 4.39 Å². The van der Waals surface area contributed by atoms with E-state index in [9.17, 15) is 9.90 Å². The van der Waals surface area contributed by atoms with Crippen molar-refractivity contribution in [1.29, 1.82) is 0 Å². The monoisotopic (exact) mass is 453 g/mol. The summed E-state index contributed by atoms with van der Waals surface area (Å²) in [6.07, 6.45) is 2.13. The number of nitrogens with one attached hydrogen (secondary N) is 1. The first kappa shape index (κ1) is 22.9. The molecule has 0 bridgehead atoms. The lowest BCUT2D eigenvalue weighted by Crippen LogP contribution is -2.50. The molecule has 1 aromatic heterocycles. The van der Waals surface area contributed by atoms with Crippen molar-refractivity contribution in [1.82, 2.24) is 15.2 Å². The summed E-state index contributed by atoms with van der Waals surface area (Å²) >= 11 is 12.1. The number of aliphatic hydroxyl groups is 1. The van der Waals surface area contributed by atoms with Gasteiger partial charge in [-0.25, -0.2) is 4.39 Å². The molecule has 0 spiro atoms. The van der Waals surface area contributed by atoms with Crippen molar-refractivity contribution in [2.75, 3.05) is 26.7 Å². The summed E-state index contributed by atoms with van der Waals surface area (Å²) in [6.45, 7) is 3.30. The third-order valence-electron chi connectivity index (χ3n) is 5.74. The van der Waals surface area contributed by atoms with Crippen LogP contribution in [0.15, 0.2) is 36.5 Å². The standard InChI is InChI=1S/C22H26Cl2FN3O2/c1-21(14-28(2)10-11-29)7-8-22(25,17-4-3-9-26-19(17)21)20(30)27-13-15-5-6-16(23)12-18(15)24/h3-6,9,12,29H,7-8,10-11,13-14H2,1-2H3,(H,27,30)/t21-,22-/m1/s1. The van der Waals surface area contributed by atoms with E-state index < -0.39 is 17.0 Å². The summed E-state index contributed by atoms with van der Waals surface area (Å²) in [5.41, 5.74) is -1.04. The Labute approximate surface area is 186 Å². The fourth-order valence-corrected chi connectivity index (χ4v) is 4.60. The fourth-order valence-electron chi connectivity index (χ4n) is 4.12. The predicted octanol–water partition coefficient (Wildman–Crippen LogP) is 3.85. The average Bonchev–Trinajstić information content (AvgIpc) is 2.70. The minimum Gasteiger partial charge on any atom is -0.395 e. The molecule has 0 saturated carbocycles. The number of nitrogens with zero attached hydrogens (tertiary/aromatic N) is 2. The van der Waals surface area contributed by atoms with E-state index in [1.165, 1.54) is 0 Å². The molecule has 2 atom stereocenters. The van der Waals surface area contributed by atoms with Crippen molar-refractivity contribution >= 4 is 29.1 Å². The van der Waals surface area contributed by atoms with Gasteiger partial charge < -0.3 is 15.3 Å². The Morgan fingerprint density at radius 2 is 2.10 bits per heavy atom. The summed E-state index contributed by atoms with van der Waals surface area (Å²) < 4.78 is 16.1. The number of likely N-dealkylation sites (N-methyl/N-ethyl adjacent to an activating group) is 1. The highest BCUT2D eigenvalue weighted by molar-refractivity contribution is 6.35. The SMILES string of the molecule is CN(CCO)C[C@@]1(C)CC[C@](F)(C(=O)NCc2ccc(Cl)cc2Cl)c2cccnc21. The second-order valence-corrected chi connectivity index (χ2v) is 8.98. The summed E-state index contributed by atoms with van der Waals surface area (Å²) in [5, 5.41) is 12.8. The molecule has 2 aromatic rings. The van der Waals surface area contributed by atoms with Gasteiger partial charge in [-0.3, -0.25) is 9.78 Å². The topological polar surface area (TPSA) is 65.5 Å². The largest absolute Gasteiger partial charge is 0.395 e. The molecule has 2 N–H and O–H groups in total. The zero-order valence-electron chi connectivity index (χ0n) is 17.1. The Hall–Kier alpha value is -1.73. The van der Waals surface area contributed by atoms with Crippen LogP contribution in [0.2, 0.25) is 10.0 Å². The van der Waals surface area contributed by atoms with Crippen molar-refractivity contribution in [3.8, 4) is 0 Å². The van der Waals surface area contributed by atoms with E-state index in [4.69, 9.17) is 23.2 Å². The van der Waals surface area contributed by atoms with Gasteiger partial charge >= 0.3 is 0 Å². The highest BCUT2D eigenvalue weighted by atomic mass is 35.5. The molecule has 0 fully saturated rings.